The summed E-state index contributed by atoms with van der Waals surface area (Å²) in [6, 6.07) is 8.16. The molecule has 2 aromatic rings. The largest absolute Gasteiger partial charge is 0.375 e. The van der Waals surface area contributed by atoms with Crippen LogP contribution in [0.4, 0.5) is 0 Å². The summed E-state index contributed by atoms with van der Waals surface area (Å²) in [7, 11) is 0. The molecule has 2 atom stereocenters. The number of benzene rings is 1. The summed E-state index contributed by atoms with van der Waals surface area (Å²) in [6.45, 7) is 7.07. The van der Waals surface area contributed by atoms with Gasteiger partial charge in [-0.3, -0.25) is 4.99 Å². The average Bonchev–Trinajstić information content (AvgIpc) is 3.40. The monoisotopic (exact) mass is 385 g/mol. The second-order valence-corrected chi connectivity index (χ2v) is 7.45. The predicted molar refractivity (Wildman–Crippen MR) is 111 cm³/mol. The van der Waals surface area contributed by atoms with E-state index >= 15 is 0 Å². The number of aromatic amines is 1. The summed E-state index contributed by atoms with van der Waals surface area (Å²) in [4.78, 5) is 15.2. The Bertz CT molecular complexity index is 751. The van der Waals surface area contributed by atoms with Gasteiger partial charge in [-0.2, -0.15) is 0 Å². The number of guanidine groups is 1. The van der Waals surface area contributed by atoms with Crippen LogP contribution in [-0.2, 0) is 15.9 Å². The SMILES string of the molecule is CCNC(=NCCCc1nc2ccccc2[nH]1)N1CCOC(C2CCCO2)C1. The van der Waals surface area contributed by atoms with Gasteiger partial charge in [-0.1, -0.05) is 12.1 Å². The van der Waals surface area contributed by atoms with Gasteiger partial charge in [-0.15, -0.1) is 0 Å². The van der Waals surface area contributed by atoms with Gasteiger partial charge in [0.15, 0.2) is 5.96 Å². The maximum Gasteiger partial charge on any atom is 0.194 e. The molecule has 3 heterocycles. The van der Waals surface area contributed by atoms with Crippen LogP contribution in [-0.4, -0.2) is 72.4 Å². The zero-order valence-corrected chi connectivity index (χ0v) is 16.7. The predicted octanol–water partition coefficient (Wildman–Crippen LogP) is 2.34. The van der Waals surface area contributed by atoms with Crippen LogP contribution in [0.3, 0.4) is 0 Å². The van der Waals surface area contributed by atoms with Crippen LogP contribution in [0.25, 0.3) is 11.0 Å². The van der Waals surface area contributed by atoms with E-state index in [-0.39, 0.29) is 12.2 Å². The molecular weight excluding hydrogens is 354 g/mol. The van der Waals surface area contributed by atoms with Crippen LogP contribution >= 0.6 is 0 Å². The number of hydrogen-bond acceptors (Lipinski definition) is 4. The number of aliphatic imine (C=N–C) groups is 1. The van der Waals surface area contributed by atoms with E-state index in [0.29, 0.717) is 0 Å². The molecule has 0 aliphatic carbocycles. The summed E-state index contributed by atoms with van der Waals surface area (Å²) in [6.07, 6.45) is 4.49. The van der Waals surface area contributed by atoms with E-state index in [1.165, 1.54) is 0 Å². The highest BCUT2D eigenvalue weighted by Gasteiger charge is 2.32. The maximum absolute atomic E-state index is 5.97. The zero-order valence-electron chi connectivity index (χ0n) is 16.7. The molecule has 2 unspecified atom stereocenters. The molecule has 2 aliphatic heterocycles. The molecule has 7 heteroatoms. The first-order valence-electron chi connectivity index (χ1n) is 10.5. The molecule has 0 radical (unpaired) electrons. The summed E-state index contributed by atoms with van der Waals surface area (Å²) in [5.74, 6) is 2.02. The van der Waals surface area contributed by atoms with Crippen molar-refractivity contribution in [3.63, 3.8) is 0 Å². The number of nitrogens with zero attached hydrogens (tertiary/aromatic N) is 3. The van der Waals surface area contributed by atoms with E-state index in [1.54, 1.807) is 0 Å². The molecule has 2 N–H and O–H groups in total. The van der Waals surface area contributed by atoms with Gasteiger partial charge in [0.05, 0.1) is 23.7 Å². The minimum atomic E-state index is 0.149. The fourth-order valence-electron chi connectivity index (χ4n) is 3.97. The molecule has 1 aromatic carbocycles. The lowest BCUT2D eigenvalue weighted by molar-refractivity contribution is -0.0817. The Hall–Kier alpha value is -2.12. The lowest BCUT2D eigenvalue weighted by Crippen LogP contribution is -2.53. The number of imidazole rings is 1. The molecule has 2 aliphatic rings. The molecule has 0 amide bonds. The van der Waals surface area contributed by atoms with Crippen molar-refractivity contribution < 1.29 is 9.47 Å². The van der Waals surface area contributed by atoms with Crippen LogP contribution < -0.4 is 5.32 Å². The van der Waals surface area contributed by atoms with Crippen LogP contribution in [0.2, 0.25) is 0 Å². The quantitative estimate of drug-likeness (QED) is 0.454. The van der Waals surface area contributed by atoms with E-state index < -0.39 is 0 Å². The number of nitrogens with one attached hydrogen (secondary N) is 2. The number of aromatic nitrogens is 2. The van der Waals surface area contributed by atoms with E-state index in [2.05, 4.69) is 33.2 Å². The second-order valence-electron chi connectivity index (χ2n) is 7.45. The van der Waals surface area contributed by atoms with Crippen LogP contribution in [0.1, 0.15) is 32.0 Å². The van der Waals surface area contributed by atoms with Crippen molar-refractivity contribution in [1.29, 1.82) is 0 Å². The number of hydrogen-bond donors (Lipinski definition) is 2. The molecule has 2 saturated heterocycles. The zero-order chi connectivity index (χ0) is 19.2. The van der Waals surface area contributed by atoms with Crippen LogP contribution in [0, 0.1) is 0 Å². The number of ether oxygens (including phenoxy) is 2. The first-order valence-corrected chi connectivity index (χ1v) is 10.5. The number of fused-ring (bicyclic) bond motifs is 1. The highest BCUT2D eigenvalue weighted by atomic mass is 16.5. The summed E-state index contributed by atoms with van der Waals surface area (Å²) in [5.41, 5.74) is 2.13. The molecule has 4 rings (SSSR count). The topological polar surface area (TPSA) is 74.8 Å². The van der Waals surface area contributed by atoms with Gasteiger partial charge in [0.25, 0.3) is 0 Å². The number of morpholine rings is 1. The van der Waals surface area contributed by atoms with E-state index in [9.17, 15) is 0 Å². The minimum absolute atomic E-state index is 0.149. The summed E-state index contributed by atoms with van der Waals surface area (Å²) < 4.78 is 11.8. The highest BCUT2D eigenvalue weighted by Crippen LogP contribution is 2.21. The molecule has 0 bridgehead atoms. The van der Waals surface area contributed by atoms with Gasteiger partial charge >= 0.3 is 0 Å². The Labute approximate surface area is 166 Å². The molecule has 0 spiro atoms. The third kappa shape index (κ3) is 4.64. The van der Waals surface area contributed by atoms with Gasteiger partial charge in [0.2, 0.25) is 0 Å². The summed E-state index contributed by atoms with van der Waals surface area (Å²) in [5, 5.41) is 3.44. The smallest absolute Gasteiger partial charge is 0.194 e. The maximum atomic E-state index is 5.97. The highest BCUT2D eigenvalue weighted by molar-refractivity contribution is 5.80. The Balaban J connectivity index is 1.32. The normalized spacial score (nSPS) is 23.5. The minimum Gasteiger partial charge on any atom is -0.375 e. The molecule has 2 fully saturated rings. The molecule has 152 valence electrons. The van der Waals surface area contributed by atoms with Gasteiger partial charge in [-0.25, -0.2) is 4.98 Å². The number of para-hydroxylation sites is 2. The van der Waals surface area contributed by atoms with Gasteiger partial charge < -0.3 is 24.7 Å². The number of rotatable bonds is 6. The van der Waals surface area contributed by atoms with Gasteiger partial charge in [0.1, 0.15) is 11.9 Å². The Morgan fingerprint density at radius 3 is 3.00 bits per heavy atom. The van der Waals surface area contributed by atoms with E-state index in [4.69, 9.17) is 14.5 Å². The van der Waals surface area contributed by atoms with Crippen molar-refractivity contribution in [2.75, 3.05) is 39.4 Å². The third-order valence-electron chi connectivity index (χ3n) is 5.38. The van der Waals surface area contributed by atoms with Gasteiger partial charge in [-0.05, 0) is 38.3 Å². The lowest BCUT2D eigenvalue weighted by Gasteiger charge is -2.37. The van der Waals surface area contributed by atoms with Crippen molar-refractivity contribution in [1.82, 2.24) is 20.2 Å². The number of aryl methyl sites for hydroxylation is 1. The fraction of sp³-hybridized carbons (Fsp3) is 0.619. The van der Waals surface area contributed by atoms with Crippen molar-refractivity contribution in [2.45, 2.75) is 44.8 Å². The van der Waals surface area contributed by atoms with E-state index in [1.807, 2.05) is 18.2 Å². The Morgan fingerprint density at radius 2 is 2.18 bits per heavy atom. The van der Waals surface area contributed by atoms with Crippen molar-refractivity contribution in [3.8, 4) is 0 Å². The molecular formula is C21H31N5O2. The standard InChI is InChI=1S/C21H31N5O2/c1-2-22-21(26-12-14-28-19(15-26)18-9-6-13-27-18)23-11-5-10-20-24-16-7-3-4-8-17(16)25-20/h3-4,7-8,18-19H,2,5-6,9-15H2,1H3,(H,22,23)(H,24,25). The first-order chi connectivity index (χ1) is 13.8. The molecule has 28 heavy (non-hydrogen) atoms. The van der Waals surface area contributed by atoms with Crippen molar-refractivity contribution in [3.05, 3.63) is 30.1 Å². The third-order valence-corrected chi connectivity index (χ3v) is 5.38. The lowest BCUT2D eigenvalue weighted by atomic mass is 10.1. The fourth-order valence-corrected chi connectivity index (χ4v) is 3.97. The average molecular weight is 386 g/mol. The van der Waals surface area contributed by atoms with Crippen molar-refractivity contribution >= 4 is 17.0 Å². The summed E-state index contributed by atoms with van der Waals surface area (Å²) >= 11 is 0. The first kappa shape index (κ1) is 19.2. The van der Waals surface area contributed by atoms with E-state index in [0.717, 1.165) is 87.9 Å². The van der Waals surface area contributed by atoms with Crippen molar-refractivity contribution in [2.24, 2.45) is 4.99 Å². The Morgan fingerprint density at radius 1 is 1.29 bits per heavy atom. The van der Waals surface area contributed by atoms with Crippen LogP contribution in [0.15, 0.2) is 29.3 Å². The number of H-pyrrole nitrogens is 1. The van der Waals surface area contributed by atoms with Crippen LogP contribution in [0.5, 0.6) is 0 Å². The van der Waals surface area contributed by atoms with Gasteiger partial charge in [0, 0.05) is 39.2 Å². The molecule has 0 saturated carbocycles. The Kier molecular flexibility index (Phi) is 6.44. The molecule has 1 aromatic heterocycles. The second kappa shape index (κ2) is 9.39. The molecule has 7 nitrogen and oxygen atoms in total.